The number of carbonyl (C=O) groups is 1. The molecule has 0 spiro atoms. The van der Waals surface area contributed by atoms with E-state index in [9.17, 15) is 4.79 Å². The summed E-state index contributed by atoms with van der Waals surface area (Å²) in [6, 6.07) is 6.06. The van der Waals surface area contributed by atoms with Crippen molar-refractivity contribution < 1.29 is 14.3 Å². The van der Waals surface area contributed by atoms with E-state index in [4.69, 9.17) is 9.47 Å². The smallest absolute Gasteiger partial charge is 0.258 e. The van der Waals surface area contributed by atoms with Gasteiger partial charge >= 0.3 is 0 Å². The monoisotopic (exact) mass is 436 g/mol. The Kier molecular flexibility index (Phi) is 5.11. The molecule has 32 heavy (non-hydrogen) atoms. The molecule has 2 aliphatic rings. The Morgan fingerprint density at radius 2 is 1.81 bits per heavy atom. The highest BCUT2D eigenvalue weighted by Gasteiger charge is 2.42. The Balaban J connectivity index is 1.55. The molecule has 1 aliphatic carbocycles. The normalized spacial score (nSPS) is 19.9. The van der Waals surface area contributed by atoms with Crippen molar-refractivity contribution in [2.45, 2.75) is 51.2 Å². The molecule has 9 nitrogen and oxygen atoms in total. The van der Waals surface area contributed by atoms with E-state index in [0.29, 0.717) is 23.6 Å². The van der Waals surface area contributed by atoms with E-state index < -0.39 is 0 Å². The molecule has 0 unspecified atom stereocenters. The van der Waals surface area contributed by atoms with Crippen molar-refractivity contribution in [2.24, 2.45) is 7.05 Å². The van der Waals surface area contributed by atoms with Gasteiger partial charge in [-0.05, 0) is 38.0 Å². The highest BCUT2D eigenvalue weighted by atomic mass is 16.5. The van der Waals surface area contributed by atoms with Crippen LogP contribution in [0, 0.1) is 6.92 Å². The first-order chi connectivity index (χ1) is 15.5. The first-order valence-corrected chi connectivity index (χ1v) is 11.0. The molecule has 2 aromatic heterocycles. The summed E-state index contributed by atoms with van der Waals surface area (Å²) in [5.41, 5.74) is 2.46. The minimum absolute atomic E-state index is 0.0226. The van der Waals surface area contributed by atoms with E-state index in [2.05, 4.69) is 19.9 Å². The average Bonchev–Trinajstić information content (AvgIpc) is 3.41. The molecular formula is C23H28N6O3. The van der Waals surface area contributed by atoms with Crippen LogP contribution in [0.15, 0.2) is 24.4 Å². The van der Waals surface area contributed by atoms with Crippen LogP contribution in [0.5, 0.6) is 11.5 Å². The van der Waals surface area contributed by atoms with Crippen LogP contribution in [0.1, 0.15) is 53.6 Å². The maximum absolute atomic E-state index is 13.5. The topological polar surface area (TPSA) is 87.3 Å². The third kappa shape index (κ3) is 3.14. The Hall–Kier alpha value is -3.36. The number of aryl methyl sites for hydroxylation is 1. The average molecular weight is 437 g/mol. The van der Waals surface area contributed by atoms with Gasteiger partial charge in [0.25, 0.3) is 5.91 Å². The van der Waals surface area contributed by atoms with Gasteiger partial charge in [-0.2, -0.15) is 5.10 Å². The molecule has 9 heteroatoms. The van der Waals surface area contributed by atoms with Gasteiger partial charge < -0.3 is 18.9 Å². The quantitative estimate of drug-likeness (QED) is 0.624. The van der Waals surface area contributed by atoms with Gasteiger partial charge in [0.1, 0.15) is 0 Å². The second-order valence-corrected chi connectivity index (χ2v) is 8.50. The zero-order valence-corrected chi connectivity index (χ0v) is 18.9. The van der Waals surface area contributed by atoms with Crippen LogP contribution in [0.3, 0.4) is 0 Å². The summed E-state index contributed by atoms with van der Waals surface area (Å²) in [6.45, 7) is 2.37. The minimum atomic E-state index is 0.0226. The van der Waals surface area contributed by atoms with Crippen LogP contribution < -0.4 is 9.47 Å². The molecule has 0 N–H and O–H groups in total. The highest BCUT2D eigenvalue weighted by Crippen LogP contribution is 2.41. The molecule has 5 rings (SSSR count). The standard InChI is InChI=1S/C23H28N6O3/c1-14-16(12-24-27(14)2)23(30)28-13-21-25-26-22(29(21)18-8-6-5-7-17(18)28)15-9-10-19(31-3)20(11-15)32-4/h9-12,17-18H,5-8,13H2,1-4H3/t17-,18+/m0/s1. The van der Waals surface area contributed by atoms with Gasteiger partial charge in [0.05, 0.1) is 44.6 Å². The van der Waals surface area contributed by atoms with E-state index >= 15 is 0 Å². The number of amides is 1. The number of hydrogen-bond acceptors (Lipinski definition) is 6. The number of fused-ring (bicyclic) bond motifs is 3. The molecule has 3 heterocycles. The molecule has 0 saturated heterocycles. The van der Waals surface area contributed by atoms with E-state index in [1.807, 2.05) is 37.1 Å². The van der Waals surface area contributed by atoms with Crippen molar-refractivity contribution in [3.63, 3.8) is 0 Å². The summed E-state index contributed by atoms with van der Waals surface area (Å²) in [5, 5.41) is 13.3. The van der Waals surface area contributed by atoms with E-state index in [0.717, 1.165) is 48.6 Å². The SMILES string of the molecule is COc1ccc(-c2nnc3n2[C@@H]2CCCC[C@@H]2N(C(=O)c2cnn(C)c2C)C3)cc1OC. The predicted molar refractivity (Wildman–Crippen MR) is 118 cm³/mol. The van der Waals surface area contributed by atoms with Crippen molar-refractivity contribution in [3.05, 3.63) is 41.5 Å². The number of aromatic nitrogens is 5. The Morgan fingerprint density at radius 3 is 2.50 bits per heavy atom. The summed E-state index contributed by atoms with van der Waals surface area (Å²) >= 11 is 0. The molecule has 0 bridgehead atoms. The van der Waals surface area contributed by atoms with Crippen LogP contribution in [-0.4, -0.2) is 55.6 Å². The third-order valence-corrected chi connectivity index (χ3v) is 6.87. The Labute approximate surface area is 186 Å². The van der Waals surface area contributed by atoms with Gasteiger partial charge in [-0.1, -0.05) is 12.8 Å². The highest BCUT2D eigenvalue weighted by molar-refractivity contribution is 5.95. The minimum Gasteiger partial charge on any atom is -0.493 e. The van der Waals surface area contributed by atoms with Crippen LogP contribution >= 0.6 is 0 Å². The molecule has 2 atom stereocenters. The van der Waals surface area contributed by atoms with Crippen LogP contribution in [0.2, 0.25) is 0 Å². The van der Waals surface area contributed by atoms with Crippen molar-refractivity contribution in [1.29, 1.82) is 0 Å². The molecular weight excluding hydrogens is 408 g/mol. The first kappa shape index (κ1) is 20.5. The van der Waals surface area contributed by atoms with Gasteiger partial charge in [0, 0.05) is 18.3 Å². The molecule has 0 radical (unpaired) electrons. The number of methoxy groups -OCH3 is 2. The zero-order valence-electron chi connectivity index (χ0n) is 18.9. The third-order valence-electron chi connectivity index (χ3n) is 6.87. The Bertz CT molecular complexity index is 1170. The van der Waals surface area contributed by atoms with Crippen LogP contribution in [0.25, 0.3) is 11.4 Å². The van der Waals surface area contributed by atoms with Crippen molar-refractivity contribution in [1.82, 2.24) is 29.4 Å². The number of ether oxygens (including phenoxy) is 2. The predicted octanol–water partition coefficient (Wildman–Crippen LogP) is 3.14. The van der Waals surface area contributed by atoms with E-state index in [-0.39, 0.29) is 18.0 Å². The molecule has 1 saturated carbocycles. The fourth-order valence-corrected chi connectivity index (χ4v) is 5.06. The molecule has 3 aromatic rings. The molecule has 1 aromatic carbocycles. The fourth-order valence-electron chi connectivity index (χ4n) is 5.06. The van der Waals surface area contributed by atoms with Gasteiger partial charge in [0.2, 0.25) is 0 Å². The molecule has 168 valence electrons. The summed E-state index contributed by atoms with van der Waals surface area (Å²) in [4.78, 5) is 15.5. The largest absolute Gasteiger partial charge is 0.493 e. The maximum atomic E-state index is 13.5. The van der Waals surface area contributed by atoms with Crippen LogP contribution in [0.4, 0.5) is 0 Å². The summed E-state index contributed by atoms with van der Waals surface area (Å²) in [7, 11) is 5.11. The fraction of sp³-hybridized carbons (Fsp3) is 0.478. The summed E-state index contributed by atoms with van der Waals surface area (Å²) in [5.74, 6) is 2.97. The number of nitrogens with zero attached hydrogens (tertiary/aromatic N) is 6. The first-order valence-electron chi connectivity index (χ1n) is 11.0. The number of benzene rings is 1. The lowest BCUT2D eigenvalue weighted by atomic mass is 9.86. The number of hydrogen-bond donors (Lipinski definition) is 0. The molecule has 1 amide bonds. The van der Waals surface area contributed by atoms with Crippen molar-refractivity contribution >= 4 is 5.91 Å². The van der Waals surface area contributed by atoms with Gasteiger partial charge in [0.15, 0.2) is 23.1 Å². The van der Waals surface area contributed by atoms with Crippen LogP contribution in [-0.2, 0) is 13.6 Å². The van der Waals surface area contributed by atoms with Gasteiger partial charge in [-0.15, -0.1) is 10.2 Å². The van der Waals surface area contributed by atoms with Gasteiger partial charge in [-0.3, -0.25) is 9.48 Å². The number of carbonyl (C=O) groups excluding carboxylic acids is 1. The second-order valence-electron chi connectivity index (χ2n) is 8.50. The summed E-state index contributed by atoms with van der Waals surface area (Å²) < 4.78 is 14.9. The lowest BCUT2D eigenvalue weighted by Gasteiger charge is -2.44. The van der Waals surface area contributed by atoms with Crippen molar-refractivity contribution in [2.75, 3.05) is 14.2 Å². The molecule has 1 fully saturated rings. The van der Waals surface area contributed by atoms with Crippen molar-refractivity contribution in [3.8, 4) is 22.9 Å². The zero-order chi connectivity index (χ0) is 22.4. The second kappa shape index (κ2) is 7.96. The maximum Gasteiger partial charge on any atom is 0.258 e. The molecule has 1 aliphatic heterocycles. The van der Waals surface area contributed by atoms with E-state index in [1.165, 1.54) is 0 Å². The van der Waals surface area contributed by atoms with Gasteiger partial charge in [-0.25, -0.2) is 0 Å². The van der Waals surface area contributed by atoms with E-state index in [1.54, 1.807) is 25.1 Å². The lowest BCUT2D eigenvalue weighted by Crippen LogP contribution is -2.50. The lowest BCUT2D eigenvalue weighted by molar-refractivity contribution is 0.0420. The Morgan fingerprint density at radius 1 is 1.06 bits per heavy atom. The summed E-state index contributed by atoms with van der Waals surface area (Å²) in [6.07, 6.45) is 5.87. The number of rotatable bonds is 4.